The summed E-state index contributed by atoms with van der Waals surface area (Å²) in [5.74, 6) is -0.251. The number of nitrogens with zero attached hydrogens (tertiary/aromatic N) is 1. The van der Waals surface area contributed by atoms with Crippen molar-refractivity contribution in [3.63, 3.8) is 0 Å². The minimum Gasteiger partial charge on any atom is -0.352 e. The summed E-state index contributed by atoms with van der Waals surface area (Å²) in [6.45, 7) is 0.341. The quantitative estimate of drug-likeness (QED) is 0.942. The Morgan fingerprint density at radius 2 is 1.81 bits per heavy atom. The number of carbonyl (C=O) groups is 1. The van der Waals surface area contributed by atoms with E-state index in [2.05, 4.69) is 10.3 Å². The van der Waals surface area contributed by atoms with Crippen molar-refractivity contribution in [2.75, 3.05) is 0 Å². The van der Waals surface area contributed by atoms with Gasteiger partial charge >= 0.3 is 6.18 Å². The molecule has 1 heterocycles. The van der Waals surface area contributed by atoms with Crippen LogP contribution >= 0.6 is 0 Å². The Morgan fingerprint density at radius 1 is 1.10 bits per heavy atom. The molecular formula is C15H13F3N2O. The molecule has 110 valence electrons. The Labute approximate surface area is 119 Å². The molecule has 0 aliphatic carbocycles. The van der Waals surface area contributed by atoms with Gasteiger partial charge in [0.2, 0.25) is 5.91 Å². The van der Waals surface area contributed by atoms with Gasteiger partial charge in [0, 0.05) is 18.9 Å². The molecule has 21 heavy (non-hydrogen) atoms. The van der Waals surface area contributed by atoms with Gasteiger partial charge in [0.05, 0.1) is 12.0 Å². The average Bonchev–Trinajstić information content (AvgIpc) is 2.46. The van der Waals surface area contributed by atoms with Crippen molar-refractivity contribution in [2.24, 2.45) is 0 Å². The molecule has 6 heteroatoms. The number of alkyl halides is 3. The molecule has 0 saturated heterocycles. The Kier molecular flexibility index (Phi) is 4.57. The summed E-state index contributed by atoms with van der Waals surface area (Å²) >= 11 is 0. The van der Waals surface area contributed by atoms with Gasteiger partial charge in [0.15, 0.2) is 0 Å². The van der Waals surface area contributed by atoms with Crippen molar-refractivity contribution in [3.05, 3.63) is 65.5 Å². The monoisotopic (exact) mass is 294 g/mol. The third-order valence-corrected chi connectivity index (χ3v) is 2.86. The maximum Gasteiger partial charge on any atom is 0.416 e. The molecule has 0 spiro atoms. The second kappa shape index (κ2) is 6.39. The van der Waals surface area contributed by atoms with Gasteiger partial charge in [-0.2, -0.15) is 13.2 Å². The van der Waals surface area contributed by atoms with Crippen molar-refractivity contribution >= 4 is 5.91 Å². The third kappa shape index (κ3) is 4.59. The van der Waals surface area contributed by atoms with E-state index in [1.165, 1.54) is 12.1 Å². The third-order valence-electron chi connectivity index (χ3n) is 2.86. The summed E-state index contributed by atoms with van der Waals surface area (Å²) in [4.78, 5) is 15.6. The first-order valence-corrected chi connectivity index (χ1v) is 6.27. The van der Waals surface area contributed by atoms with E-state index in [-0.39, 0.29) is 12.3 Å². The van der Waals surface area contributed by atoms with Crippen LogP contribution < -0.4 is 5.32 Å². The van der Waals surface area contributed by atoms with E-state index in [9.17, 15) is 18.0 Å². The first-order chi connectivity index (χ1) is 9.95. The predicted octanol–water partition coefficient (Wildman–Crippen LogP) is 2.96. The lowest BCUT2D eigenvalue weighted by Gasteiger charge is -2.08. The van der Waals surface area contributed by atoms with Gasteiger partial charge in [0.1, 0.15) is 0 Å². The number of pyridine rings is 1. The second-order valence-corrected chi connectivity index (χ2v) is 4.51. The Hall–Kier alpha value is -2.37. The molecule has 0 aliphatic heterocycles. The van der Waals surface area contributed by atoms with Gasteiger partial charge in [-0.05, 0) is 29.3 Å². The van der Waals surface area contributed by atoms with Crippen molar-refractivity contribution in [1.82, 2.24) is 10.3 Å². The number of rotatable bonds is 4. The molecule has 3 nitrogen and oxygen atoms in total. The zero-order chi connectivity index (χ0) is 15.3. The van der Waals surface area contributed by atoms with E-state index in [0.717, 1.165) is 17.7 Å². The van der Waals surface area contributed by atoms with E-state index in [4.69, 9.17) is 0 Å². The van der Waals surface area contributed by atoms with Crippen molar-refractivity contribution in [1.29, 1.82) is 0 Å². The Bertz CT molecular complexity index is 595. The summed E-state index contributed by atoms with van der Waals surface area (Å²) in [5.41, 5.74) is 0.673. The minimum absolute atomic E-state index is 0.0401. The standard InChI is InChI=1S/C15H13F3N2O/c16-15(17,18)13-5-3-11(4-6-13)8-14(21)20-10-12-2-1-7-19-9-12/h1-7,9H,8,10H2,(H,20,21). The SMILES string of the molecule is O=C(Cc1ccc(C(F)(F)F)cc1)NCc1cccnc1. The largest absolute Gasteiger partial charge is 0.416 e. The second-order valence-electron chi connectivity index (χ2n) is 4.51. The number of nitrogens with one attached hydrogen (secondary N) is 1. The smallest absolute Gasteiger partial charge is 0.352 e. The normalized spacial score (nSPS) is 11.2. The van der Waals surface area contributed by atoms with E-state index in [1.807, 2.05) is 6.07 Å². The summed E-state index contributed by atoms with van der Waals surface area (Å²) in [7, 11) is 0. The summed E-state index contributed by atoms with van der Waals surface area (Å²) in [5, 5.41) is 2.69. The first-order valence-electron chi connectivity index (χ1n) is 6.27. The van der Waals surface area contributed by atoms with Crippen LogP contribution in [0.4, 0.5) is 13.2 Å². The van der Waals surface area contributed by atoms with E-state index in [0.29, 0.717) is 12.1 Å². The van der Waals surface area contributed by atoms with Crippen molar-refractivity contribution < 1.29 is 18.0 Å². The van der Waals surface area contributed by atoms with E-state index >= 15 is 0 Å². The van der Waals surface area contributed by atoms with Crippen LogP contribution in [0.15, 0.2) is 48.8 Å². The van der Waals surface area contributed by atoms with E-state index in [1.54, 1.807) is 18.5 Å². The predicted molar refractivity (Wildman–Crippen MR) is 71.2 cm³/mol. The lowest BCUT2D eigenvalue weighted by Crippen LogP contribution is -2.24. The summed E-state index contributed by atoms with van der Waals surface area (Å²) in [6.07, 6.45) is -1.05. The van der Waals surface area contributed by atoms with Gasteiger partial charge in [-0.3, -0.25) is 9.78 Å². The zero-order valence-electron chi connectivity index (χ0n) is 11.0. The van der Waals surface area contributed by atoms with Crippen LogP contribution in [0.25, 0.3) is 0 Å². The molecule has 0 atom stereocenters. The van der Waals surface area contributed by atoms with Crippen LogP contribution in [-0.2, 0) is 23.9 Å². The number of carbonyl (C=O) groups excluding carboxylic acids is 1. The van der Waals surface area contributed by atoms with Gasteiger partial charge in [-0.25, -0.2) is 0 Å². The van der Waals surface area contributed by atoms with Crippen LogP contribution in [0.3, 0.4) is 0 Å². The Morgan fingerprint density at radius 3 is 2.38 bits per heavy atom. The Balaban J connectivity index is 1.88. The fraction of sp³-hybridized carbons (Fsp3) is 0.200. The van der Waals surface area contributed by atoms with Crippen LogP contribution in [0.2, 0.25) is 0 Å². The van der Waals surface area contributed by atoms with Crippen LogP contribution in [0.5, 0.6) is 0 Å². The maximum atomic E-state index is 12.4. The maximum absolute atomic E-state index is 12.4. The molecule has 1 aromatic carbocycles. The molecule has 1 N–H and O–H groups in total. The van der Waals surface area contributed by atoms with Gasteiger partial charge < -0.3 is 5.32 Å². The fourth-order valence-corrected chi connectivity index (χ4v) is 1.76. The lowest BCUT2D eigenvalue weighted by molar-refractivity contribution is -0.137. The molecule has 0 unspecified atom stereocenters. The molecule has 1 amide bonds. The molecule has 2 aromatic rings. The number of benzene rings is 1. The topological polar surface area (TPSA) is 42.0 Å². The van der Waals surface area contributed by atoms with Gasteiger partial charge in [-0.1, -0.05) is 18.2 Å². The summed E-state index contributed by atoms with van der Waals surface area (Å²) < 4.78 is 37.2. The van der Waals surface area contributed by atoms with E-state index < -0.39 is 11.7 Å². The molecule has 0 radical (unpaired) electrons. The van der Waals surface area contributed by atoms with Gasteiger partial charge in [0.25, 0.3) is 0 Å². The molecular weight excluding hydrogens is 281 g/mol. The average molecular weight is 294 g/mol. The number of amides is 1. The minimum atomic E-state index is -4.36. The molecule has 0 bridgehead atoms. The number of hydrogen-bond acceptors (Lipinski definition) is 2. The van der Waals surface area contributed by atoms with Crippen molar-refractivity contribution in [2.45, 2.75) is 19.1 Å². The highest BCUT2D eigenvalue weighted by Crippen LogP contribution is 2.29. The zero-order valence-corrected chi connectivity index (χ0v) is 11.0. The highest BCUT2D eigenvalue weighted by Gasteiger charge is 2.29. The van der Waals surface area contributed by atoms with Gasteiger partial charge in [-0.15, -0.1) is 0 Å². The highest BCUT2D eigenvalue weighted by atomic mass is 19.4. The molecule has 2 rings (SSSR count). The van der Waals surface area contributed by atoms with Crippen molar-refractivity contribution in [3.8, 4) is 0 Å². The fourth-order valence-electron chi connectivity index (χ4n) is 1.76. The molecule has 0 saturated carbocycles. The first kappa shape index (κ1) is 15.0. The number of aromatic nitrogens is 1. The van der Waals surface area contributed by atoms with Crippen LogP contribution in [0.1, 0.15) is 16.7 Å². The molecule has 1 aromatic heterocycles. The van der Waals surface area contributed by atoms with Crippen LogP contribution in [0, 0.1) is 0 Å². The highest BCUT2D eigenvalue weighted by molar-refractivity contribution is 5.78. The molecule has 0 fully saturated rings. The summed E-state index contributed by atoms with van der Waals surface area (Å²) in [6, 6.07) is 8.16. The van der Waals surface area contributed by atoms with Crippen LogP contribution in [-0.4, -0.2) is 10.9 Å². The number of hydrogen-bond donors (Lipinski definition) is 1. The molecule has 0 aliphatic rings. The number of halogens is 3. The lowest BCUT2D eigenvalue weighted by atomic mass is 10.1.